The molecule has 0 spiro atoms. The van der Waals surface area contributed by atoms with Gasteiger partial charge >= 0.3 is 0 Å². The number of hydrogen-bond acceptors (Lipinski definition) is 6. The number of benzene rings is 2. The van der Waals surface area contributed by atoms with Crippen molar-refractivity contribution in [2.75, 3.05) is 19.8 Å². The van der Waals surface area contributed by atoms with Gasteiger partial charge in [-0.15, -0.1) is 11.8 Å². The van der Waals surface area contributed by atoms with E-state index in [9.17, 15) is 9.59 Å². The Hall–Kier alpha value is -2.87. The van der Waals surface area contributed by atoms with Gasteiger partial charge in [-0.1, -0.05) is 18.2 Å². The third-order valence-corrected chi connectivity index (χ3v) is 5.01. The van der Waals surface area contributed by atoms with Gasteiger partial charge in [0.2, 0.25) is 5.75 Å². The molecule has 0 aliphatic heterocycles. The van der Waals surface area contributed by atoms with Crippen LogP contribution in [0.25, 0.3) is 0 Å². The first kappa shape index (κ1) is 23.4. The fourth-order valence-corrected chi connectivity index (χ4v) is 3.46. The van der Waals surface area contributed by atoms with Crippen LogP contribution >= 0.6 is 11.8 Å². The molecule has 8 heteroatoms. The van der Waals surface area contributed by atoms with Crippen molar-refractivity contribution < 1.29 is 23.8 Å². The lowest BCUT2D eigenvalue weighted by molar-refractivity contribution is -0.121. The largest absolute Gasteiger partial charge is 0.490 e. The molecule has 2 amide bonds. The Bertz CT molecular complexity index is 818. The number of thioether (sulfide) groups is 1. The standard InChI is InChI=1S/C22H28N2O5S/c1-5-27-18-13-16(14-19(28-6-2)20(18)29-7-3)22(26)24-23-21(25)15(4)30-17-11-9-8-10-12-17/h8-15H,5-7H2,1-4H3,(H,23,25)(H,24,26). The van der Waals surface area contributed by atoms with Crippen LogP contribution in [0.4, 0.5) is 0 Å². The highest BCUT2D eigenvalue weighted by Crippen LogP contribution is 2.39. The van der Waals surface area contributed by atoms with Crippen LogP contribution < -0.4 is 25.1 Å². The summed E-state index contributed by atoms with van der Waals surface area (Å²) in [6.45, 7) is 8.55. The Labute approximate surface area is 181 Å². The van der Waals surface area contributed by atoms with Gasteiger partial charge in [0.25, 0.3) is 11.8 Å². The van der Waals surface area contributed by atoms with E-state index < -0.39 is 5.91 Å². The number of hydrazine groups is 1. The quantitative estimate of drug-likeness (QED) is 0.438. The topological polar surface area (TPSA) is 85.9 Å². The second kappa shape index (κ2) is 12.0. The fourth-order valence-electron chi connectivity index (χ4n) is 2.57. The fraction of sp³-hybridized carbons (Fsp3) is 0.364. The molecule has 0 aliphatic rings. The molecule has 30 heavy (non-hydrogen) atoms. The number of rotatable bonds is 10. The van der Waals surface area contributed by atoms with Crippen LogP contribution in [0, 0.1) is 0 Å². The van der Waals surface area contributed by atoms with Crippen molar-refractivity contribution in [1.29, 1.82) is 0 Å². The van der Waals surface area contributed by atoms with Gasteiger partial charge in [0, 0.05) is 10.5 Å². The maximum atomic E-state index is 12.6. The summed E-state index contributed by atoms with van der Waals surface area (Å²) in [5.74, 6) is 0.489. The molecule has 162 valence electrons. The third kappa shape index (κ3) is 6.59. The molecule has 2 N–H and O–H groups in total. The average molecular weight is 433 g/mol. The smallest absolute Gasteiger partial charge is 0.269 e. The minimum atomic E-state index is -0.481. The number of ether oxygens (including phenoxy) is 3. The van der Waals surface area contributed by atoms with Crippen molar-refractivity contribution in [3.63, 3.8) is 0 Å². The summed E-state index contributed by atoms with van der Waals surface area (Å²) in [5.41, 5.74) is 5.21. The average Bonchev–Trinajstić information content (AvgIpc) is 2.74. The van der Waals surface area contributed by atoms with Gasteiger partial charge in [0.05, 0.1) is 25.1 Å². The van der Waals surface area contributed by atoms with E-state index >= 15 is 0 Å². The van der Waals surface area contributed by atoms with Crippen LogP contribution in [-0.4, -0.2) is 36.9 Å². The molecular weight excluding hydrogens is 404 g/mol. The van der Waals surface area contributed by atoms with E-state index in [0.717, 1.165) is 4.90 Å². The zero-order chi connectivity index (χ0) is 21.9. The molecule has 2 aromatic rings. The van der Waals surface area contributed by atoms with Crippen LogP contribution in [-0.2, 0) is 4.79 Å². The molecule has 2 rings (SSSR count). The number of nitrogens with one attached hydrogen (secondary N) is 2. The molecule has 0 saturated heterocycles. The normalized spacial score (nSPS) is 11.3. The first-order chi connectivity index (χ1) is 14.5. The van der Waals surface area contributed by atoms with Crippen molar-refractivity contribution in [1.82, 2.24) is 10.9 Å². The van der Waals surface area contributed by atoms with E-state index in [1.54, 1.807) is 19.1 Å². The van der Waals surface area contributed by atoms with E-state index in [1.807, 2.05) is 51.1 Å². The third-order valence-electron chi connectivity index (χ3n) is 3.90. The highest BCUT2D eigenvalue weighted by atomic mass is 32.2. The molecule has 7 nitrogen and oxygen atoms in total. The molecule has 0 aliphatic carbocycles. The van der Waals surface area contributed by atoms with Crippen LogP contribution in [0.5, 0.6) is 17.2 Å². The summed E-state index contributed by atoms with van der Waals surface area (Å²) in [6, 6.07) is 12.7. The number of hydrogen-bond donors (Lipinski definition) is 2. The van der Waals surface area contributed by atoms with Gasteiger partial charge in [0.15, 0.2) is 11.5 Å². The van der Waals surface area contributed by atoms with Gasteiger partial charge < -0.3 is 14.2 Å². The Morgan fingerprint density at radius 1 is 0.900 bits per heavy atom. The van der Waals surface area contributed by atoms with E-state index in [2.05, 4.69) is 10.9 Å². The van der Waals surface area contributed by atoms with Gasteiger partial charge in [0.1, 0.15) is 0 Å². The van der Waals surface area contributed by atoms with E-state index in [1.165, 1.54) is 11.8 Å². The molecule has 2 aromatic carbocycles. The summed E-state index contributed by atoms with van der Waals surface area (Å²) >= 11 is 1.40. The lowest BCUT2D eigenvalue weighted by Gasteiger charge is -2.17. The molecule has 1 unspecified atom stereocenters. The predicted molar refractivity (Wildman–Crippen MR) is 117 cm³/mol. The van der Waals surface area contributed by atoms with Crippen LogP contribution in [0.2, 0.25) is 0 Å². The zero-order valence-corrected chi connectivity index (χ0v) is 18.5. The van der Waals surface area contributed by atoms with Crippen LogP contribution in [0.3, 0.4) is 0 Å². The summed E-state index contributed by atoms with van der Waals surface area (Å²) < 4.78 is 16.9. The first-order valence-electron chi connectivity index (χ1n) is 9.88. The predicted octanol–water partition coefficient (Wildman–Crippen LogP) is 3.82. The molecule has 0 fully saturated rings. The Morgan fingerprint density at radius 3 is 2.00 bits per heavy atom. The SMILES string of the molecule is CCOc1cc(C(=O)NNC(=O)C(C)Sc2ccccc2)cc(OCC)c1OCC. The second-order valence-electron chi connectivity index (χ2n) is 6.12. The molecular formula is C22H28N2O5S. The van der Waals surface area contributed by atoms with Crippen molar-refractivity contribution in [3.8, 4) is 17.2 Å². The van der Waals surface area contributed by atoms with E-state index in [4.69, 9.17) is 14.2 Å². The molecule has 0 saturated carbocycles. The monoisotopic (exact) mass is 432 g/mol. The molecule has 0 aromatic heterocycles. The number of carbonyl (C=O) groups excluding carboxylic acids is 2. The lowest BCUT2D eigenvalue weighted by Crippen LogP contribution is -2.44. The summed E-state index contributed by atoms with van der Waals surface area (Å²) in [4.78, 5) is 25.9. The summed E-state index contributed by atoms with van der Waals surface area (Å²) in [6.07, 6.45) is 0. The highest BCUT2D eigenvalue weighted by Gasteiger charge is 2.20. The second-order valence-corrected chi connectivity index (χ2v) is 7.53. The van der Waals surface area contributed by atoms with Crippen LogP contribution in [0.15, 0.2) is 47.4 Å². The van der Waals surface area contributed by atoms with Crippen molar-refractivity contribution in [2.45, 2.75) is 37.8 Å². The molecule has 0 radical (unpaired) electrons. The number of carbonyl (C=O) groups is 2. The molecule has 0 heterocycles. The summed E-state index contributed by atoms with van der Waals surface area (Å²) in [7, 11) is 0. The van der Waals surface area contributed by atoms with Gasteiger partial charge in [-0.3, -0.25) is 20.4 Å². The summed E-state index contributed by atoms with van der Waals surface area (Å²) in [5, 5.41) is -0.383. The molecule has 1 atom stereocenters. The number of amides is 2. The first-order valence-corrected chi connectivity index (χ1v) is 10.8. The molecule has 0 bridgehead atoms. The maximum Gasteiger partial charge on any atom is 0.269 e. The minimum absolute atomic E-state index is 0.286. The zero-order valence-electron chi connectivity index (χ0n) is 17.7. The van der Waals surface area contributed by atoms with E-state index in [0.29, 0.717) is 37.1 Å². The minimum Gasteiger partial charge on any atom is -0.490 e. The maximum absolute atomic E-state index is 12.6. The van der Waals surface area contributed by atoms with Crippen molar-refractivity contribution in [3.05, 3.63) is 48.0 Å². The Kier molecular flexibility index (Phi) is 9.34. The van der Waals surface area contributed by atoms with E-state index in [-0.39, 0.29) is 16.7 Å². The highest BCUT2D eigenvalue weighted by molar-refractivity contribution is 8.00. The van der Waals surface area contributed by atoms with Crippen molar-refractivity contribution in [2.24, 2.45) is 0 Å². The lowest BCUT2D eigenvalue weighted by atomic mass is 10.1. The van der Waals surface area contributed by atoms with Crippen LogP contribution in [0.1, 0.15) is 38.1 Å². The van der Waals surface area contributed by atoms with Gasteiger partial charge in [-0.25, -0.2) is 0 Å². The van der Waals surface area contributed by atoms with Crippen molar-refractivity contribution >= 4 is 23.6 Å². The Balaban J connectivity index is 2.08. The van der Waals surface area contributed by atoms with Gasteiger partial charge in [-0.2, -0.15) is 0 Å². The van der Waals surface area contributed by atoms with Gasteiger partial charge in [-0.05, 0) is 52.0 Å². The Morgan fingerprint density at radius 2 is 1.47 bits per heavy atom.